The summed E-state index contributed by atoms with van der Waals surface area (Å²) in [6, 6.07) is 16.0. The zero-order chi connectivity index (χ0) is 12.3. The Balaban J connectivity index is 0.000000171. The van der Waals surface area contributed by atoms with E-state index in [1.807, 2.05) is 67.0 Å². The molecule has 2 heteroatoms. The first-order valence-electron chi connectivity index (χ1n) is 5.51. The third-order valence-corrected chi connectivity index (χ3v) is 2.42. The van der Waals surface area contributed by atoms with Gasteiger partial charge in [0.1, 0.15) is 0 Å². The Morgan fingerprint density at radius 3 is 2.06 bits per heavy atom. The maximum absolute atomic E-state index is 5.53. The number of alkyl halides is 1. The van der Waals surface area contributed by atoms with Gasteiger partial charge in [-0.15, -0.1) is 11.6 Å². The molecule has 0 aliphatic heterocycles. The van der Waals surface area contributed by atoms with Gasteiger partial charge in [0.05, 0.1) is 0 Å². The highest BCUT2D eigenvalue weighted by Crippen LogP contribution is 2.00. The SMILES string of the molecule is C=CC[n+]1ccccc1.ClCc1ccccc1. The van der Waals surface area contributed by atoms with Crippen LogP contribution >= 0.6 is 11.6 Å². The van der Waals surface area contributed by atoms with Gasteiger partial charge < -0.3 is 0 Å². The molecule has 88 valence electrons. The largest absolute Gasteiger partial charge is 0.201 e. The summed E-state index contributed by atoms with van der Waals surface area (Å²) in [7, 11) is 0. The number of hydrogen-bond donors (Lipinski definition) is 0. The van der Waals surface area contributed by atoms with E-state index >= 15 is 0 Å². The van der Waals surface area contributed by atoms with Gasteiger partial charge in [-0.2, -0.15) is 0 Å². The minimum atomic E-state index is 0.612. The van der Waals surface area contributed by atoms with Crippen LogP contribution in [0.25, 0.3) is 0 Å². The number of allylic oxidation sites excluding steroid dienone is 1. The molecule has 0 atom stereocenters. The van der Waals surface area contributed by atoms with Gasteiger partial charge in [-0.3, -0.25) is 0 Å². The van der Waals surface area contributed by atoms with E-state index in [0.717, 1.165) is 6.54 Å². The van der Waals surface area contributed by atoms with Crippen molar-refractivity contribution in [2.75, 3.05) is 0 Å². The van der Waals surface area contributed by atoms with E-state index < -0.39 is 0 Å². The maximum Gasteiger partial charge on any atom is 0.169 e. The lowest BCUT2D eigenvalue weighted by Crippen LogP contribution is -2.30. The molecule has 0 unspecified atom stereocenters. The van der Waals surface area contributed by atoms with Crippen LogP contribution in [0.2, 0.25) is 0 Å². The topological polar surface area (TPSA) is 3.88 Å². The fraction of sp³-hybridized carbons (Fsp3) is 0.133. The van der Waals surface area contributed by atoms with Crippen LogP contribution in [0.15, 0.2) is 73.6 Å². The van der Waals surface area contributed by atoms with Gasteiger partial charge in [0.2, 0.25) is 0 Å². The highest BCUT2D eigenvalue weighted by atomic mass is 35.5. The molecule has 0 N–H and O–H groups in total. The number of nitrogens with zero attached hydrogens (tertiary/aromatic N) is 1. The first-order chi connectivity index (χ1) is 8.36. The molecule has 1 nitrogen and oxygen atoms in total. The average molecular weight is 247 g/mol. The molecule has 1 heterocycles. The van der Waals surface area contributed by atoms with Crippen molar-refractivity contribution in [3.63, 3.8) is 0 Å². The van der Waals surface area contributed by atoms with Crippen molar-refractivity contribution in [1.29, 1.82) is 0 Å². The van der Waals surface area contributed by atoms with Crippen LogP contribution in [-0.2, 0) is 12.4 Å². The zero-order valence-electron chi connectivity index (χ0n) is 9.80. The van der Waals surface area contributed by atoms with Gasteiger partial charge in [0, 0.05) is 18.0 Å². The molecule has 0 amide bonds. The van der Waals surface area contributed by atoms with E-state index in [4.69, 9.17) is 11.6 Å². The second-order valence-electron chi connectivity index (χ2n) is 3.48. The molecule has 0 saturated carbocycles. The van der Waals surface area contributed by atoms with E-state index in [-0.39, 0.29) is 0 Å². The minimum Gasteiger partial charge on any atom is -0.201 e. The van der Waals surface area contributed by atoms with Gasteiger partial charge >= 0.3 is 0 Å². The molecule has 0 aliphatic carbocycles. The smallest absolute Gasteiger partial charge is 0.169 e. The van der Waals surface area contributed by atoms with Gasteiger partial charge in [0.25, 0.3) is 0 Å². The molecule has 0 radical (unpaired) electrons. The molecular formula is C15H17ClN+. The lowest BCUT2D eigenvalue weighted by Gasteiger charge is -1.88. The van der Waals surface area contributed by atoms with Crippen molar-refractivity contribution in [2.45, 2.75) is 12.4 Å². The van der Waals surface area contributed by atoms with Crippen molar-refractivity contribution in [3.8, 4) is 0 Å². The summed E-state index contributed by atoms with van der Waals surface area (Å²) in [5.74, 6) is 0.612. The summed E-state index contributed by atoms with van der Waals surface area (Å²) in [4.78, 5) is 0. The molecule has 0 aliphatic rings. The maximum atomic E-state index is 5.53. The lowest BCUT2D eigenvalue weighted by molar-refractivity contribution is -0.687. The molecule has 0 spiro atoms. The quantitative estimate of drug-likeness (QED) is 0.443. The van der Waals surface area contributed by atoms with Gasteiger partial charge in [0.15, 0.2) is 18.9 Å². The van der Waals surface area contributed by atoms with Crippen molar-refractivity contribution in [3.05, 3.63) is 79.1 Å². The zero-order valence-corrected chi connectivity index (χ0v) is 10.6. The molecule has 0 fully saturated rings. The van der Waals surface area contributed by atoms with Crippen LogP contribution in [0.3, 0.4) is 0 Å². The van der Waals surface area contributed by atoms with Crippen molar-refractivity contribution >= 4 is 11.6 Å². The van der Waals surface area contributed by atoms with E-state index in [2.05, 4.69) is 11.1 Å². The fourth-order valence-electron chi connectivity index (χ4n) is 1.27. The highest BCUT2D eigenvalue weighted by Gasteiger charge is 1.88. The number of benzene rings is 1. The molecule has 2 aromatic rings. The van der Waals surface area contributed by atoms with Crippen LogP contribution < -0.4 is 4.57 Å². The van der Waals surface area contributed by atoms with Crippen molar-refractivity contribution < 1.29 is 4.57 Å². The Labute approximate surface area is 108 Å². The van der Waals surface area contributed by atoms with Crippen LogP contribution in [-0.4, -0.2) is 0 Å². The number of pyridine rings is 1. The van der Waals surface area contributed by atoms with E-state index in [1.165, 1.54) is 5.56 Å². The van der Waals surface area contributed by atoms with E-state index in [1.54, 1.807) is 0 Å². The Kier molecular flexibility index (Phi) is 6.76. The molecule has 0 bridgehead atoms. The molecule has 1 aromatic heterocycles. The third-order valence-electron chi connectivity index (χ3n) is 2.11. The predicted octanol–water partition coefficient (Wildman–Crippen LogP) is 3.59. The standard InChI is InChI=1S/C8H10N.C7H7Cl/c1-2-6-9-7-4-3-5-8-9;8-6-7-4-2-1-3-5-7/h2-5,7-8H,1,6H2;1-5H,6H2/q+1;. The van der Waals surface area contributed by atoms with Crippen molar-refractivity contribution in [1.82, 2.24) is 0 Å². The highest BCUT2D eigenvalue weighted by molar-refractivity contribution is 6.17. The molecule has 17 heavy (non-hydrogen) atoms. The minimum absolute atomic E-state index is 0.612. The van der Waals surface area contributed by atoms with Crippen LogP contribution in [0.5, 0.6) is 0 Å². The van der Waals surface area contributed by atoms with Gasteiger partial charge in [-0.05, 0) is 11.6 Å². The summed E-state index contributed by atoms with van der Waals surface area (Å²) in [5, 5.41) is 0. The Hall–Kier alpha value is -1.60. The Morgan fingerprint density at radius 2 is 1.59 bits per heavy atom. The number of aromatic nitrogens is 1. The molecule has 0 saturated heterocycles. The van der Waals surface area contributed by atoms with Crippen LogP contribution in [0, 0.1) is 0 Å². The van der Waals surface area contributed by atoms with Crippen LogP contribution in [0.1, 0.15) is 5.56 Å². The number of halogens is 1. The molecule has 2 rings (SSSR count). The summed E-state index contributed by atoms with van der Waals surface area (Å²) < 4.78 is 2.06. The number of rotatable bonds is 3. The second kappa shape index (κ2) is 8.54. The van der Waals surface area contributed by atoms with Gasteiger partial charge in [-0.1, -0.05) is 43.0 Å². The molecular weight excluding hydrogens is 230 g/mol. The average Bonchev–Trinajstić information content (AvgIpc) is 2.42. The summed E-state index contributed by atoms with van der Waals surface area (Å²) in [5.41, 5.74) is 1.18. The third kappa shape index (κ3) is 5.88. The monoisotopic (exact) mass is 246 g/mol. The predicted molar refractivity (Wildman–Crippen MR) is 72.8 cm³/mol. The lowest BCUT2D eigenvalue weighted by atomic mass is 10.2. The van der Waals surface area contributed by atoms with Gasteiger partial charge in [-0.25, -0.2) is 4.57 Å². The Morgan fingerprint density at radius 1 is 1.00 bits per heavy atom. The summed E-state index contributed by atoms with van der Waals surface area (Å²) in [6.07, 6.45) is 5.91. The fourth-order valence-corrected chi connectivity index (χ4v) is 1.45. The first-order valence-corrected chi connectivity index (χ1v) is 6.05. The Bertz CT molecular complexity index is 411. The number of hydrogen-bond acceptors (Lipinski definition) is 0. The normalized spacial score (nSPS) is 9.00. The van der Waals surface area contributed by atoms with E-state index in [9.17, 15) is 0 Å². The van der Waals surface area contributed by atoms with E-state index in [0.29, 0.717) is 5.88 Å². The molecule has 1 aromatic carbocycles. The summed E-state index contributed by atoms with van der Waals surface area (Å²) >= 11 is 5.53. The summed E-state index contributed by atoms with van der Waals surface area (Å²) in [6.45, 7) is 4.52. The van der Waals surface area contributed by atoms with Crippen LogP contribution in [0.4, 0.5) is 0 Å². The first kappa shape index (κ1) is 13.5. The second-order valence-corrected chi connectivity index (χ2v) is 3.75. The van der Waals surface area contributed by atoms with Crippen molar-refractivity contribution in [2.24, 2.45) is 0 Å².